The van der Waals surface area contributed by atoms with Crippen molar-refractivity contribution >= 4 is 57.0 Å². The van der Waals surface area contributed by atoms with Crippen molar-refractivity contribution in [3.05, 3.63) is 48.5 Å². The van der Waals surface area contributed by atoms with Crippen LogP contribution in [0.1, 0.15) is 27.2 Å². The smallest absolute Gasteiger partial charge is 0.237 e. The maximum absolute atomic E-state index is 12.9. The molecule has 4 rings (SSSR count). The molecule has 0 spiro atoms. The van der Waals surface area contributed by atoms with Gasteiger partial charge in [0.1, 0.15) is 5.52 Å². The van der Waals surface area contributed by atoms with Gasteiger partial charge in [-0.1, -0.05) is 36.9 Å². The van der Waals surface area contributed by atoms with Crippen molar-refractivity contribution in [2.24, 2.45) is 0 Å². The Morgan fingerprint density at radius 3 is 2.34 bits per heavy atom. The van der Waals surface area contributed by atoms with Crippen LogP contribution in [0.15, 0.2) is 53.7 Å². The fourth-order valence-corrected chi connectivity index (χ4v) is 4.39. The molecule has 0 saturated heterocycles. The summed E-state index contributed by atoms with van der Waals surface area (Å²) in [5.74, 6) is -0.276. The number of rotatable bonds is 7. The third kappa shape index (κ3) is 4.43. The van der Waals surface area contributed by atoms with E-state index >= 15 is 0 Å². The summed E-state index contributed by atoms with van der Waals surface area (Å²) in [5.41, 5.74) is 3.94. The number of carbonyl (C=O) groups is 2. The third-order valence-corrected chi connectivity index (χ3v) is 6.27. The minimum Gasteiger partial charge on any atom is -0.326 e. The van der Waals surface area contributed by atoms with Crippen LogP contribution in [0.2, 0.25) is 0 Å². The lowest BCUT2D eigenvalue weighted by Gasteiger charge is -2.14. The molecule has 0 aliphatic carbocycles. The van der Waals surface area contributed by atoms with E-state index in [1.54, 1.807) is 24.3 Å². The lowest BCUT2D eigenvalue weighted by atomic mass is 10.2. The molecule has 32 heavy (non-hydrogen) atoms. The summed E-state index contributed by atoms with van der Waals surface area (Å²) in [7, 11) is 0. The summed E-state index contributed by atoms with van der Waals surface area (Å²) < 4.78 is 2.11. The van der Waals surface area contributed by atoms with Crippen molar-refractivity contribution in [1.29, 1.82) is 0 Å². The molecule has 164 valence electrons. The first-order chi connectivity index (χ1) is 15.5. The Kier molecular flexibility index (Phi) is 6.36. The van der Waals surface area contributed by atoms with Crippen LogP contribution in [0, 0.1) is 0 Å². The van der Waals surface area contributed by atoms with Gasteiger partial charge in [-0.25, -0.2) is 4.98 Å². The summed E-state index contributed by atoms with van der Waals surface area (Å²) in [6.07, 6.45) is 0.610. The van der Waals surface area contributed by atoms with Crippen molar-refractivity contribution < 1.29 is 9.59 Å². The first kappa shape index (κ1) is 21.8. The molecule has 0 unspecified atom stereocenters. The predicted octanol–water partition coefficient (Wildman–Crippen LogP) is 4.47. The van der Waals surface area contributed by atoms with E-state index in [2.05, 4.69) is 38.4 Å². The molecule has 4 aromatic rings. The largest absolute Gasteiger partial charge is 0.326 e. The number of benzene rings is 2. The summed E-state index contributed by atoms with van der Waals surface area (Å²) in [6.45, 7) is 6.23. The van der Waals surface area contributed by atoms with Gasteiger partial charge in [-0.15, -0.1) is 10.2 Å². The number of hydrogen-bond donors (Lipinski definition) is 2. The van der Waals surface area contributed by atoms with Crippen molar-refractivity contribution in [3.63, 3.8) is 0 Å². The summed E-state index contributed by atoms with van der Waals surface area (Å²) in [4.78, 5) is 28.7. The molecule has 2 amide bonds. The Labute approximate surface area is 189 Å². The minimum absolute atomic E-state index is 0.135. The maximum atomic E-state index is 12.9. The van der Waals surface area contributed by atoms with Crippen LogP contribution in [0.25, 0.3) is 22.1 Å². The summed E-state index contributed by atoms with van der Waals surface area (Å²) in [6, 6.07) is 15.0. The van der Waals surface area contributed by atoms with E-state index in [9.17, 15) is 9.59 Å². The molecule has 9 heteroatoms. The number of fused-ring (bicyclic) bond motifs is 3. The van der Waals surface area contributed by atoms with Crippen LogP contribution in [0.3, 0.4) is 0 Å². The zero-order valence-electron chi connectivity index (χ0n) is 18.1. The van der Waals surface area contributed by atoms with Crippen LogP contribution >= 0.6 is 11.8 Å². The van der Waals surface area contributed by atoms with Gasteiger partial charge in [-0.2, -0.15) is 0 Å². The van der Waals surface area contributed by atoms with Crippen LogP contribution in [-0.4, -0.2) is 36.8 Å². The average molecular weight is 449 g/mol. The molecule has 2 N–H and O–H groups in total. The van der Waals surface area contributed by atoms with Crippen LogP contribution in [0.4, 0.5) is 11.4 Å². The summed E-state index contributed by atoms with van der Waals surface area (Å²) >= 11 is 1.30. The highest BCUT2D eigenvalue weighted by Crippen LogP contribution is 2.29. The van der Waals surface area contributed by atoms with Gasteiger partial charge in [0.2, 0.25) is 17.0 Å². The number of aromatic nitrogens is 4. The Morgan fingerprint density at radius 1 is 1.00 bits per heavy atom. The van der Waals surface area contributed by atoms with Gasteiger partial charge in [-0.3, -0.25) is 9.59 Å². The normalized spacial score (nSPS) is 12.1. The second-order valence-corrected chi connectivity index (χ2v) is 8.46. The van der Waals surface area contributed by atoms with Gasteiger partial charge in [0, 0.05) is 30.2 Å². The third-order valence-electron chi connectivity index (χ3n) is 5.05. The number of nitrogens with zero attached hydrogens (tertiary/aromatic N) is 4. The fourth-order valence-electron chi connectivity index (χ4n) is 3.57. The number of nitrogens with one attached hydrogen (secondary N) is 2. The number of amides is 2. The minimum atomic E-state index is -0.372. The number of aryl methyl sites for hydroxylation is 1. The number of para-hydroxylation sites is 1. The van der Waals surface area contributed by atoms with E-state index in [0.29, 0.717) is 23.0 Å². The average Bonchev–Trinajstić information content (AvgIpc) is 3.11. The molecular formula is C23H24N6O2S. The molecular weight excluding hydrogens is 424 g/mol. The van der Waals surface area contributed by atoms with Crippen molar-refractivity contribution in [2.45, 2.75) is 44.1 Å². The van der Waals surface area contributed by atoms with E-state index in [4.69, 9.17) is 4.98 Å². The molecule has 2 heterocycles. The fraction of sp³-hybridized carbons (Fsp3) is 0.261. The molecule has 1 atom stereocenters. The number of thioether (sulfide) groups is 1. The second-order valence-electron chi connectivity index (χ2n) is 7.29. The standard InChI is InChI=1S/C23H24N6O2S/c1-4-19(22(31)25-16-12-10-15(11-13-16)24-14(3)30)32-23-26-21-20(27-28-23)17-8-6-7-9-18(17)29(21)5-2/h6-13,19H,4-5H2,1-3H3,(H,24,30)(H,25,31)/t19-/m0/s1. The van der Waals surface area contributed by atoms with Crippen LogP contribution in [0.5, 0.6) is 0 Å². The molecule has 0 saturated carbocycles. The Balaban J connectivity index is 1.53. The molecule has 8 nitrogen and oxygen atoms in total. The summed E-state index contributed by atoms with van der Waals surface area (Å²) in [5, 5.41) is 15.5. The topological polar surface area (TPSA) is 102 Å². The first-order valence-corrected chi connectivity index (χ1v) is 11.3. The highest BCUT2D eigenvalue weighted by atomic mass is 32.2. The zero-order valence-corrected chi connectivity index (χ0v) is 18.9. The maximum Gasteiger partial charge on any atom is 0.237 e. The SMILES string of the molecule is CC[C@H](Sc1nnc2c3ccccc3n(CC)c2n1)C(=O)Nc1ccc(NC(C)=O)cc1. The first-order valence-electron chi connectivity index (χ1n) is 10.5. The molecule has 0 radical (unpaired) electrons. The molecule has 0 aliphatic heterocycles. The van der Waals surface area contributed by atoms with Gasteiger partial charge in [0.15, 0.2) is 5.65 Å². The number of hydrogen-bond acceptors (Lipinski definition) is 6. The molecule has 0 fully saturated rings. The molecule has 0 aliphatic rings. The van der Waals surface area contributed by atoms with Gasteiger partial charge in [0.25, 0.3) is 0 Å². The predicted molar refractivity (Wildman–Crippen MR) is 128 cm³/mol. The quantitative estimate of drug-likeness (QED) is 0.405. The molecule has 0 bridgehead atoms. The van der Waals surface area contributed by atoms with Gasteiger partial charge in [0.05, 0.1) is 10.8 Å². The van der Waals surface area contributed by atoms with E-state index in [0.717, 1.165) is 28.6 Å². The van der Waals surface area contributed by atoms with Crippen LogP contribution < -0.4 is 10.6 Å². The van der Waals surface area contributed by atoms with Gasteiger partial charge < -0.3 is 15.2 Å². The lowest BCUT2D eigenvalue weighted by molar-refractivity contribution is -0.116. The Morgan fingerprint density at radius 2 is 1.69 bits per heavy atom. The zero-order chi connectivity index (χ0) is 22.7. The van der Waals surface area contributed by atoms with Gasteiger partial charge >= 0.3 is 0 Å². The van der Waals surface area contributed by atoms with Crippen molar-refractivity contribution in [1.82, 2.24) is 19.7 Å². The van der Waals surface area contributed by atoms with Crippen molar-refractivity contribution in [2.75, 3.05) is 10.6 Å². The molecule has 2 aromatic heterocycles. The lowest BCUT2D eigenvalue weighted by Crippen LogP contribution is -2.25. The van der Waals surface area contributed by atoms with E-state index in [1.807, 2.05) is 25.1 Å². The monoisotopic (exact) mass is 448 g/mol. The second kappa shape index (κ2) is 9.35. The van der Waals surface area contributed by atoms with E-state index in [1.165, 1.54) is 18.7 Å². The Hall–Kier alpha value is -3.46. The van der Waals surface area contributed by atoms with Crippen molar-refractivity contribution in [3.8, 4) is 0 Å². The Bertz CT molecular complexity index is 1290. The molecule has 2 aromatic carbocycles. The van der Waals surface area contributed by atoms with E-state index < -0.39 is 0 Å². The highest BCUT2D eigenvalue weighted by Gasteiger charge is 2.21. The van der Waals surface area contributed by atoms with Crippen LogP contribution in [-0.2, 0) is 16.1 Å². The number of carbonyl (C=O) groups excluding carboxylic acids is 2. The highest BCUT2D eigenvalue weighted by molar-refractivity contribution is 8.00. The van der Waals surface area contributed by atoms with Gasteiger partial charge in [-0.05, 0) is 43.7 Å². The number of anilines is 2. The van der Waals surface area contributed by atoms with E-state index in [-0.39, 0.29) is 17.1 Å².